The van der Waals surface area contributed by atoms with Gasteiger partial charge in [-0.3, -0.25) is 14.8 Å². The van der Waals surface area contributed by atoms with Gasteiger partial charge in [-0.05, 0) is 26.3 Å². The van der Waals surface area contributed by atoms with Crippen LogP contribution >= 0.6 is 0 Å². The molecule has 0 aromatic carbocycles. The number of likely N-dealkylation sites (tertiary alicyclic amines) is 1. The van der Waals surface area contributed by atoms with Crippen molar-refractivity contribution in [2.24, 2.45) is 0 Å². The van der Waals surface area contributed by atoms with Crippen molar-refractivity contribution < 1.29 is 9.90 Å². The Labute approximate surface area is 113 Å². The van der Waals surface area contributed by atoms with E-state index in [2.05, 4.69) is 10.2 Å². The van der Waals surface area contributed by atoms with Crippen LogP contribution in [0.3, 0.4) is 0 Å². The molecule has 19 heavy (non-hydrogen) atoms. The number of aromatic amines is 1. The third-order valence-electron chi connectivity index (χ3n) is 3.61. The second kappa shape index (κ2) is 6.16. The Balaban J connectivity index is 1.84. The summed E-state index contributed by atoms with van der Waals surface area (Å²) in [6.07, 6.45) is 3.26. The molecule has 2 rings (SSSR count). The van der Waals surface area contributed by atoms with Gasteiger partial charge in [-0.1, -0.05) is 0 Å². The number of amides is 1. The SMILES string of the molecule is Cc1[nH]ncc1CN(C)C(=O)CN1CCC[C@H](O)C1. The quantitative estimate of drug-likeness (QED) is 0.813. The lowest BCUT2D eigenvalue weighted by atomic mass is 10.1. The molecule has 1 aliphatic rings. The van der Waals surface area contributed by atoms with Crippen molar-refractivity contribution in [2.75, 3.05) is 26.7 Å². The summed E-state index contributed by atoms with van der Waals surface area (Å²) in [7, 11) is 1.80. The molecule has 6 nitrogen and oxygen atoms in total. The van der Waals surface area contributed by atoms with Gasteiger partial charge in [0.1, 0.15) is 0 Å². The van der Waals surface area contributed by atoms with E-state index in [4.69, 9.17) is 0 Å². The third kappa shape index (κ3) is 3.78. The summed E-state index contributed by atoms with van der Waals surface area (Å²) in [4.78, 5) is 15.9. The molecule has 2 heterocycles. The zero-order valence-electron chi connectivity index (χ0n) is 11.6. The number of carbonyl (C=O) groups is 1. The Hall–Kier alpha value is -1.40. The second-order valence-corrected chi connectivity index (χ2v) is 5.30. The highest BCUT2D eigenvalue weighted by molar-refractivity contribution is 5.78. The standard InChI is InChI=1S/C13H22N4O2/c1-10-11(6-14-15-10)7-16(2)13(19)9-17-5-3-4-12(18)8-17/h6,12,18H,3-5,7-9H2,1-2H3,(H,14,15)/t12-/m0/s1. The van der Waals surface area contributed by atoms with E-state index in [9.17, 15) is 9.90 Å². The molecule has 0 bridgehead atoms. The van der Waals surface area contributed by atoms with Gasteiger partial charge in [0, 0.05) is 31.4 Å². The molecule has 1 aromatic rings. The van der Waals surface area contributed by atoms with Gasteiger partial charge < -0.3 is 10.0 Å². The van der Waals surface area contributed by atoms with E-state index in [1.165, 1.54) is 0 Å². The van der Waals surface area contributed by atoms with E-state index in [0.717, 1.165) is 30.6 Å². The van der Waals surface area contributed by atoms with E-state index in [-0.39, 0.29) is 12.0 Å². The summed E-state index contributed by atoms with van der Waals surface area (Å²) in [5.41, 5.74) is 2.03. The zero-order valence-corrected chi connectivity index (χ0v) is 11.6. The highest BCUT2D eigenvalue weighted by atomic mass is 16.3. The molecule has 1 saturated heterocycles. The highest BCUT2D eigenvalue weighted by Gasteiger charge is 2.21. The van der Waals surface area contributed by atoms with Crippen LogP contribution in [0.25, 0.3) is 0 Å². The van der Waals surface area contributed by atoms with Crippen molar-refractivity contribution >= 4 is 5.91 Å². The molecule has 106 valence electrons. The number of likely N-dealkylation sites (N-methyl/N-ethyl adjacent to an activating group) is 1. The summed E-state index contributed by atoms with van der Waals surface area (Å²) < 4.78 is 0. The number of rotatable bonds is 4. The van der Waals surface area contributed by atoms with Crippen LogP contribution in [-0.4, -0.2) is 63.8 Å². The highest BCUT2D eigenvalue weighted by Crippen LogP contribution is 2.11. The maximum absolute atomic E-state index is 12.1. The van der Waals surface area contributed by atoms with Crippen LogP contribution in [-0.2, 0) is 11.3 Å². The molecule has 0 spiro atoms. The van der Waals surface area contributed by atoms with Crippen LogP contribution < -0.4 is 0 Å². The molecule has 2 N–H and O–H groups in total. The number of nitrogens with zero attached hydrogens (tertiary/aromatic N) is 3. The summed E-state index contributed by atoms with van der Waals surface area (Å²) in [5, 5.41) is 16.4. The summed E-state index contributed by atoms with van der Waals surface area (Å²) in [6.45, 7) is 4.38. The first-order valence-electron chi connectivity index (χ1n) is 6.69. The lowest BCUT2D eigenvalue weighted by Gasteiger charge is -2.30. The van der Waals surface area contributed by atoms with Gasteiger partial charge in [-0.15, -0.1) is 0 Å². The predicted molar refractivity (Wildman–Crippen MR) is 71.5 cm³/mol. The van der Waals surface area contributed by atoms with Gasteiger partial charge in [0.05, 0.1) is 18.8 Å². The number of nitrogens with one attached hydrogen (secondary N) is 1. The number of hydrogen-bond acceptors (Lipinski definition) is 4. The van der Waals surface area contributed by atoms with Crippen molar-refractivity contribution in [3.8, 4) is 0 Å². The Bertz CT molecular complexity index is 432. The van der Waals surface area contributed by atoms with E-state index in [1.807, 2.05) is 11.8 Å². The van der Waals surface area contributed by atoms with Crippen molar-refractivity contribution in [1.82, 2.24) is 20.0 Å². The van der Waals surface area contributed by atoms with Gasteiger partial charge in [-0.2, -0.15) is 5.10 Å². The molecule has 1 aromatic heterocycles. The predicted octanol–water partition coefficient (Wildman–Crippen LogP) is 0.133. The van der Waals surface area contributed by atoms with Crippen LogP contribution in [0, 0.1) is 6.92 Å². The largest absolute Gasteiger partial charge is 0.392 e. The summed E-state index contributed by atoms with van der Waals surface area (Å²) in [5.74, 6) is 0.0784. The number of piperidine rings is 1. The average Bonchev–Trinajstić information content (AvgIpc) is 2.75. The topological polar surface area (TPSA) is 72.5 Å². The minimum atomic E-state index is -0.289. The number of β-amino-alcohol motifs (C(OH)–C–C–N with tert-alkyl or cyclic N) is 1. The van der Waals surface area contributed by atoms with E-state index >= 15 is 0 Å². The zero-order chi connectivity index (χ0) is 13.8. The van der Waals surface area contributed by atoms with Crippen LogP contribution in [0.15, 0.2) is 6.20 Å². The van der Waals surface area contributed by atoms with Gasteiger partial charge in [-0.25, -0.2) is 0 Å². The first-order valence-corrected chi connectivity index (χ1v) is 6.69. The minimum Gasteiger partial charge on any atom is -0.392 e. The van der Waals surface area contributed by atoms with Gasteiger partial charge in [0.15, 0.2) is 0 Å². The first-order chi connectivity index (χ1) is 9.06. The maximum Gasteiger partial charge on any atom is 0.236 e. The van der Waals surface area contributed by atoms with Gasteiger partial charge in [0.25, 0.3) is 0 Å². The fraction of sp³-hybridized carbons (Fsp3) is 0.692. The Morgan fingerprint density at radius 1 is 1.68 bits per heavy atom. The first kappa shape index (κ1) is 14.0. The number of aromatic nitrogens is 2. The molecule has 0 unspecified atom stereocenters. The molecule has 1 aliphatic heterocycles. The van der Waals surface area contributed by atoms with E-state index in [1.54, 1.807) is 18.1 Å². The average molecular weight is 266 g/mol. The molecule has 1 fully saturated rings. The lowest BCUT2D eigenvalue weighted by molar-refractivity contribution is -0.132. The summed E-state index contributed by atoms with van der Waals surface area (Å²) >= 11 is 0. The maximum atomic E-state index is 12.1. The van der Waals surface area contributed by atoms with E-state index < -0.39 is 0 Å². The normalized spacial score (nSPS) is 20.5. The number of aliphatic hydroxyl groups is 1. The van der Waals surface area contributed by atoms with Crippen LogP contribution in [0.4, 0.5) is 0 Å². The van der Waals surface area contributed by atoms with E-state index in [0.29, 0.717) is 19.6 Å². The fourth-order valence-corrected chi connectivity index (χ4v) is 2.37. The summed E-state index contributed by atoms with van der Waals surface area (Å²) in [6, 6.07) is 0. The van der Waals surface area contributed by atoms with Crippen LogP contribution in [0.2, 0.25) is 0 Å². The molecule has 1 atom stereocenters. The Morgan fingerprint density at radius 3 is 3.11 bits per heavy atom. The van der Waals surface area contributed by atoms with Crippen molar-refractivity contribution in [3.63, 3.8) is 0 Å². The fourth-order valence-electron chi connectivity index (χ4n) is 2.37. The van der Waals surface area contributed by atoms with Crippen LogP contribution in [0.5, 0.6) is 0 Å². The minimum absolute atomic E-state index is 0.0784. The number of H-pyrrole nitrogens is 1. The second-order valence-electron chi connectivity index (χ2n) is 5.30. The Morgan fingerprint density at radius 2 is 2.47 bits per heavy atom. The monoisotopic (exact) mass is 266 g/mol. The molecule has 6 heteroatoms. The van der Waals surface area contributed by atoms with Crippen molar-refractivity contribution in [3.05, 3.63) is 17.5 Å². The molecule has 0 radical (unpaired) electrons. The smallest absolute Gasteiger partial charge is 0.236 e. The number of aryl methyl sites for hydroxylation is 1. The lowest BCUT2D eigenvalue weighted by Crippen LogP contribution is -2.44. The number of aliphatic hydroxyl groups excluding tert-OH is 1. The molecule has 0 aliphatic carbocycles. The van der Waals surface area contributed by atoms with Crippen molar-refractivity contribution in [1.29, 1.82) is 0 Å². The van der Waals surface area contributed by atoms with Crippen LogP contribution in [0.1, 0.15) is 24.1 Å². The van der Waals surface area contributed by atoms with Gasteiger partial charge >= 0.3 is 0 Å². The molecule has 1 amide bonds. The third-order valence-corrected chi connectivity index (χ3v) is 3.61. The Kier molecular flexibility index (Phi) is 4.55. The molecule has 0 saturated carbocycles. The van der Waals surface area contributed by atoms with Gasteiger partial charge in [0.2, 0.25) is 5.91 Å². The molecular formula is C13H22N4O2. The molecular weight excluding hydrogens is 244 g/mol. The number of hydrogen-bond donors (Lipinski definition) is 2. The number of carbonyl (C=O) groups excluding carboxylic acids is 1. The van der Waals surface area contributed by atoms with Crippen molar-refractivity contribution in [2.45, 2.75) is 32.4 Å².